The molecule has 0 rings (SSSR count). The molecule has 9 nitrogen and oxygen atoms in total. The number of hydrogen-bond donors (Lipinski definition) is 1. The minimum atomic E-state index is -4.39. The molecule has 0 aromatic carbocycles. The number of nitrogens with zero attached hydrogens (tertiary/aromatic N) is 1. The van der Waals surface area contributed by atoms with E-state index in [1.807, 2.05) is 21.1 Å². The number of hydrogen-bond acceptors (Lipinski definition) is 7. The Balaban J connectivity index is 4.02. The number of carbonyl (C=O) groups excluding carboxylic acids is 2. The number of likely N-dealkylation sites (N-methyl/N-ethyl adjacent to an activating group) is 1. The fourth-order valence-electron chi connectivity index (χ4n) is 10.1. The van der Waals surface area contributed by atoms with Gasteiger partial charge in [-0.25, -0.2) is 4.57 Å². The third-order valence-electron chi connectivity index (χ3n) is 15.6. The molecule has 0 fully saturated rings. The van der Waals surface area contributed by atoms with Crippen LogP contribution < -0.4 is 0 Å². The number of quaternary nitrogens is 1. The molecular formula is C77H137NO8P+. The lowest BCUT2D eigenvalue weighted by molar-refractivity contribution is -0.870. The Morgan fingerprint density at radius 3 is 0.977 bits per heavy atom. The van der Waals surface area contributed by atoms with Crippen LogP contribution in [0.5, 0.6) is 0 Å². The van der Waals surface area contributed by atoms with Crippen molar-refractivity contribution in [2.45, 2.75) is 322 Å². The van der Waals surface area contributed by atoms with Crippen LogP contribution in [-0.2, 0) is 32.7 Å². The largest absolute Gasteiger partial charge is 0.472 e. The molecule has 0 bridgehead atoms. The lowest BCUT2D eigenvalue weighted by Gasteiger charge is -2.24. The summed E-state index contributed by atoms with van der Waals surface area (Å²) in [5.74, 6) is -0.788. The topological polar surface area (TPSA) is 108 Å². The van der Waals surface area contributed by atoms with E-state index in [0.29, 0.717) is 23.9 Å². The first kappa shape index (κ1) is 83.7. The molecule has 0 spiro atoms. The first-order chi connectivity index (χ1) is 42.5. The summed E-state index contributed by atoms with van der Waals surface area (Å²) in [5.41, 5.74) is 0. The molecule has 0 aliphatic carbocycles. The SMILES string of the molecule is CC/C=C\C/C=C\C/C=C\C/C=C\C/C=C\C/C=C\C/C=C\C/C=C\C/C=C\CCCCCCCCCCCCCCCC(=O)OC(COC(=O)CCCCCCCCCCCCCCCCCCCCCCCC)COP(=O)(O)OCC[N+](C)(C)C. The molecule has 0 radical (unpaired) electrons. The number of phosphoric acid groups is 1. The Labute approximate surface area is 537 Å². The standard InChI is InChI=1S/C77H136NO8P/c1-6-8-10-12-14-16-18-20-22-24-26-28-30-31-32-33-34-35-36-37-38-39-40-41-42-43-44-45-46-47-48-50-52-54-56-58-60-62-64-66-68-70-77(80)86-75(74-85-87(81,82)84-72-71-78(3,4)5)73-83-76(79)69-67-65-63-61-59-57-55-53-51-49-29-27-25-23-21-19-17-15-13-11-9-7-2/h8,10,14,16,20,22,26,28,31-32,34-35,37-38,40-41,43-44,75H,6-7,9,11-13,15,17-19,21,23-25,27,29-30,33,36,39,42,45-74H2,1-5H3/p+1/b10-8-,16-14-,22-20-,28-26-,32-31-,35-34-,38-37-,41-40-,44-43-. The van der Waals surface area contributed by atoms with Crippen molar-refractivity contribution in [2.24, 2.45) is 0 Å². The van der Waals surface area contributed by atoms with Crippen molar-refractivity contribution in [1.29, 1.82) is 0 Å². The monoisotopic (exact) mass is 1240 g/mol. The van der Waals surface area contributed by atoms with Crippen LogP contribution in [0.15, 0.2) is 109 Å². The zero-order valence-electron chi connectivity index (χ0n) is 57.2. The molecule has 2 atom stereocenters. The molecule has 0 amide bonds. The van der Waals surface area contributed by atoms with E-state index in [1.54, 1.807) is 0 Å². The average molecular weight is 1240 g/mol. The summed E-state index contributed by atoms with van der Waals surface area (Å²) >= 11 is 0. The molecule has 0 aromatic heterocycles. The van der Waals surface area contributed by atoms with Crippen molar-refractivity contribution in [2.75, 3.05) is 47.5 Å². The third kappa shape index (κ3) is 71.6. The average Bonchev–Trinajstić information content (AvgIpc) is 3.50. The molecule has 2 unspecified atom stereocenters. The normalized spacial score (nSPS) is 13.8. The smallest absolute Gasteiger partial charge is 0.462 e. The van der Waals surface area contributed by atoms with Gasteiger partial charge in [0.2, 0.25) is 0 Å². The number of carbonyl (C=O) groups is 2. The van der Waals surface area contributed by atoms with Gasteiger partial charge < -0.3 is 18.9 Å². The second-order valence-electron chi connectivity index (χ2n) is 25.3. The highest BCUT2D eigenvalue weighted by Gasteiger charge is 2.27. The number of phosphoric ester groups is 1. The van der Waals surface area contributed by atoms with Gasteiger partial charge in [-0.1, -0.05) is 329 Å². The lowest BCUT2D eigenvalue weighted by atomic mass is 10.0. The van der Waals surface area contributed by atoms with Gasteiger partial charge in [0.15, 0.2) is 6.10 Å². The number of esters is 2. The van der Waals surface area contributed by atoms with Crippen molar-refractivity contribution in [3.63, 3.8) is 0 Å². The first-order valence-corrected chi connectivity index (χ1v) is 37.6. The van der Waals surface area contributed by atoms with Crippen LogP contribution in [-0.4, -0.2) is 74.9 Å². The highest BCUT2D eigenvalue weighted by atomic mass is 31.2. The van der Waals surface area contributed by atoms with E-state index < -0.39 is 26.5 Å². The quantitative estimate of drug-likeness (QED) is 0.0211. The lowest BCUT2D eigenvalue weighted by Crippen LogP contribution is -2.37. The summed E-state index contributed by atoms with van der Waals surface area (Å²) in [4.78, 5) is 35.9. The minimum Gasteiger partial charge on any atom is -0.462 e. The summed E-state index contributed by atoms with van der Waals surface area (Å²) < 4.78 is 34.7. The molecule has 0 saturated heterocycles. The van der Waals surface area contributed by atoms with Gasteiger partial charge in [0.1, 0.15) is 19.8 Å². The highest BCUT2D eigenvalue weighted by Crippen LogP contribution is 2.43. The molecule has 0 aliphatic heterocycles. The zero-order chi connectivity index (χ0) is 63.4. The van der Waals surface area contributed by atoms with Gasteiger partial charge in [-0.05, 0) is 83.5 Å². The minimum absolute atomic E-state index is 0.0299. The van der Waals surface area contributed by atoms with E-state index in [-0.39, 0.29) is 25.6 Å². The zero-order valence-corrected chi connectivity index (χ0v) is 58.1. The van der Waals surface area contributed by atoms with Crippen LogP contribution in [0.25, 0.3) is 0 Å². The van der Waals surface area contributed by atoms with Crippen LogP contribution >= 0.6 is 7.82 Å². The van der Waals surface area contributed by atoms with Crippen LogP contribution in [0.1, 0.15) is 316 Å². The highest BCUT2D eigenvalue weighted by molar-refractivity contribution is 7.47. The van der Waals surface area contributed by atoms with Gasteiger partial charge in [0.25, 0.3) is 0 Å². The maximum Gasteiger partial charge on any atom is 0.472 e. The summed E-state index contributed by atoms with van der Waals surface area (Å²) in [6.07, 6.45) is 94.8. The Kier molecular flexibility index (Phi) is 64.5. The number of rotatable bonds is 66. The van der Waals surface area contributed by atoms with E-state index in [2.05, 4.69) is 123 Å². The summed E-state index contributed by atoms with van der Waals surface area (Å²) in [5, 5.41) is 0. The van der Waals surface area contributed by atoms with E-state index in [0.717, 1.165) is 96.3 Å². The van der Waals surface area contributed by atoms with Crippen molar-refractivity contribution < 1.29 is 42.1 Å². The van der Waals surface area contributed by atoms with Crippen LogP contribution in [0.3, 0.4) is 0 Å². The Morgan fingerprint density at radius 2 is 0.655 bits per heavy atom. The van der Waals surface area contributed by atoms with Crippen molar-refractivity contribution >= 4 is 19.8 Å². The van der Waals surface area contributed by atoms with E-state index >= 15 is 0 Å². The van der Waals surface area contributed by atoms with Gasteiger partial charge in [-0.2, -0.15) is 0 Å². The fourth-order valence-corrected chi connectivity index (χ4v) is 10.8. The van der Waals surface area contributed by atoms with Crippen LogP contribution in [0.2, 0.25) is 0 Å². The Morgan fingerprint density at radius 1 is 0.368 bits per heavy atom. The molecule has 1 N–H and O–H groups in total. The summed E-state index contributed by atoms with van der Waals surface area (Å²) in [7, 11) is 1.48. The summed E-state index contributed by atoms with van der Waals surface area (Å²) in [6, 6.07) is 0. The Bertz CT molecular complexity index is 1840. The van der Waals surface area contributed by atoms with E-state index in [9.17, 15) is 19.0 Å². The third-order valence-corrected chi connectivity index (χ3v) is 16.6. The van der Waals surface area contributed by atoms with Crippen molar-refractivity contribution in [1.82, 2.24) is 0 Å². The number of unbranched alkanes of at least 4 members (excludes halogenated alkanes) is 34. The molecule has 87 heavy (non-hydrogen) atoms. The van der Waals surface area contributed by atoms with Crippen LogP contribution in [0.4, 0.5) is 0 Å². The van der Waals surface area contributed by atoms with Crippen molar-refractivity contribution in [3.05, 3.63) is 109 Å². The van der Waals surface area contributed by atoms with Crippen molar-refractivity contribution in [3.8, 4) is 0 Å². The van der Waals surface area contributed by atoms with Gasteiger partial charge in [-0.3, -0.25) is 18.6 Å². The van der Waals surface area contributed by atoms with E-state index in [4.69, 9.17) is 18.5 Å². The number of ether oxygens (including phenoxy) is 2. The maximum absolute atomic E-state index is 12.9. The maximum atomic E-state index is 12.9. The predicted octanol–water partition coefficient (Wildman–Crippen LogP) is 23.7. The van der Waals surface area contributed by atoms with Gasteiger partial charge >= 0.3 is 19.8 Å². The molecule has 502 valence electrons. The summed E-state index contributed by atoms with van der Waals surface area (Å²) in [6.45, 7) is 4.36. The molecule has 0 saturated carbocycles. The molecular weight excluding hydrogens is 1100 g/mol. The Hall–Kier alpha value is -3.33. The molecule has 0 aromatic rings. The second-order valence-corrected chi connectivity index (χ2v) is 26.7. The van der Waals surface area contributed by atoms with Gasteiger partial charge in [0.05, 0.1) is 27.7 Å². The predicted molar refractivity (Wildman–Crippen MR) is 376 cm³/mol. The van der Waals surface area contributed by atoms with Gasteiger partial charge in [0, 0.05) is 12.8 Å². The van der Waals surface area contributed by atoms with E-state index in [1.165, 1.54) is 186 Å². The second kappa shape index (κ2) is 67.1. The van der Waals surface area contributed by atoms with Crippen LogP contribution in [0, 0.1) is 0 Å². The fraction of sp³-hybridized carbons (Fsp3) is 0.740. The molecule has 0 heterocycles. The molecule has 0 aliphatic rings. The first-order valence-electron chi connectivity index (χ1n) is 36.1. The number of allylic oxidation sites excluding steroid dienone is 18. The molecule has 10 heteroatoms. The van der Waals surface area contributed by atoms with Gasteiger partial charge in [-0.15, -0.1) is 0 Å².